The molecule has 3 heterocycles. The molecule has 2 aromatic carbocycles. The number of hydrogen-bond donors (Lipinski definition) is 0. The smallest absolute Gasteiger partial charge is 0.137 e. The molecule has 0 saturated carbocycles. The summed E-state index contributed by atoms with van der Waals surface area (Å²) >= 11 is 0. The average molecular weight is 434 g/mol. The lowest BCUT2D eigenvalue weighted by molar-refractivity contribution is 0.520. The van der Waals surface area contributed by atoms with Gasteiger partial charge in [0.2, 0.25) is 0 Å². The minimum Gasteiger partial charge on any atom is -0.294 e. The molecule has 0 bridgehead atoms. The molecule has 0 atom stereocenters. The van der Waals surface area contributed by atoms with E-state index in [1.807, 2.05) is 18.5 Å². The second-order valence-corrected chi connectivity index (χ2v) is 10.6. The fourth-order valence-electron chi connectivity index (χ4n) is 4.71. The fraction of sp³-hybridized carbons (Fsp3) is 0.267. The van der Waals surface area contributed by atoms with Gasteiger partial charge in [0.1, 0.15) is 5.82 Å². The van der Waals surface area contributed by atoms with Crippen LogP contribution in [0, 0.1) is 0 Å². The summed E-state index contributed by atoms with van der Waals surface area (Å²) in [5.41, 5.74) is 6.04. The summed E-state index contributed by atoms with van der Waals surface area (Å²) in [6.45, 7) is 11.2. The van der Waals surface area contributed by atoms with Crippen molar-refractivity contribution in [2.45, 2.75) is 51.9 Å². The van der Waals surface area contributed by atoms with E-state index in [2.05, 4.69) is 111 Å². The predicted octanol–water partition coefficient (Wildman–Crippen LogP) is 7.39. The number of nitrogens with zero attached hydrogens (tertiary/aromatic N) is 3. The van der Waals surface area contributed by atoms with Gasteiger partial charge in [0.25, 0.3) is 0 Å². The van der Waals surface area contributed by atoms with E-state index < -0.39 is 0 Å². The second kappa shape index (κ2) is 7.84. The molecule has 0 aliphatic rings. The third-order valence-corrected chi connectivity index (χ3v) is 6.56. The molecule has 0 radical (unpaired) electrons. The van der Waals surface area contributed by atoms with Gasteiger partial charge in [0, 0.05) is 34.3 Å². The Kier molecular flexibility index (Phi) is 5.08. The monoisotopic (exact) mass is 433 g/mol. The Balaban J connectivity index is 1.69. The van der Waals surface area contributed by atoms with Crippen LogP contribution in [0.4, 0.5) is 0 Å². The highest BCUT2D eigenvalue weighted by Gasteiger charge is 2.23. The van der Waals surface area contributed by atoms with E-state index in [1.54, 1.807) is 0 Å². The zero-order valence-corrected chi connectivity index (χ0v) is 20.1. The van der Waals surface area contributed by atoms with Gasteiger partial charge in [-0.3, -0.25) is 9.55 Å². The van der Waals surface area contributed by atoms with Gasteiger partial charge in [-0.15, -0.1) is 0 Å². The summed E-state index contributed by atoms with van der Waals surface area (Å²) < 4.78 is 2.32. The Hall–Kier alpha value is -3.46. The van der Waals surface area contributed by atoms with Crippen molar-refractivity contribution in [2.75, 3.05) is 0 Å². The van der Waals surface area contributed by atoms with Crippen LogP contribution in [0.25, 0.3) is 27.6 Å². The van der Waals surface area contributed by atoms with Crippen LogP contribution in [-0.2, 0) is 17.3 Å². The Labute approximate surface area is 196 Å². The molecular formula is C30H31N3. The quantitative estimate of drug-likeness (QED) is 0.296. The molecule has 33 heavy (non-hydrogen) atoms. The highest BCUT2D eigenvalue weighted by Crippen LogP contribution is 2.34. The normalized spacial score (nSPS) is 12.5. The lowest BCUT2D eigenvalue weighted by Gasteiger charge is -2.25. The molecule has 0 aliphatic heterocycles. The minimum absolute atomic E-state index is 0.00628. The highest BCUT2D eigenvalue weighted by molar-refractivity contribution is 6.09. The van der Waals surface area contributed by atoms with Gasteiger partial charge in [-0.2, -0.15) is 0 Å². The molecule has 0 N–H and O–H groups in total. The number of aromatic nitrogens is 3. The van der Waals surface area contributed by atoms with E-state index in [0.29, 0.717) is 0 Å². The minimum atomic E-state index is -0.0107. The third-order valence-electron chi connectivity index (χ3n) is 6.56. The molecule has 5 aromatic rings. The summed E-state index contributed by atoms with van der Waals surface area (Å²) in [6, 6.07) is 26.1. The number of fused-ring (bicyclic) bond motifs is 3. The van der Waals surface area contributed by atoms with Crippen molar-refractivity contribution in [3.05, 3.63) is 102 Å². The van der Waals surface area contributed by atoms with E-state index in [-0.39, 0.29) is 10.8 Å². The first-order valence-electron chi connectivity index (χ1n) is 11.6. The van der Waals surface area contributed by atoms with Crippen LogP contribution in [-0.4, -0.2) is 14.5 Å². The number of hydrogen-bond acceptors (Lipinski definition) is 2. The molecule has 3 heteroatoms. The molecule has 5 rings (SSSR count). The van der Waals surface area contributed by atoms with Crippen molar-refractivity contribution in [2.24, 2.45) is 0 Å². The maximum absolute atomic E-state index is 5.09. The van der Waals surface area contributed by atoms with Crippen LogP contribution in [0.1, 0.15) is 51.4 Å². The first-order valence-corrected chi connectivity index (χ1v) is 11.6. The number of para-hydroxylation sites is 1. The molecule has 3 nitrogen and oxygen atoms in total. The van der Waals surface area contributed by atoms with Crippen LogP contribution in [0.15, 0.2) is 85.2 Å². The molecule has 3 aromatic heterocycles. The van der Waals surface area contributed by atoms with Gasteiger partial charge in [0.05, 0.1) is 11.0 Å². The standard InChI is InChI=1S/C30H31N3/c1-29(2,3)27-13-8-14-28(32-27)33-25-12-7-6-11-23(25)24-16-15-21(18-26(24)33)19-30(4,5)22-10-9-17-31-20-22/h6-18,20H,19H2,1-5H3. The van der Waals surface area contributed by atoms with E-state index in [9.17, 15) is 0 Å². The van der Waals surface area contributed by atoms with Crippen LogP contribution in [0.3, 0.4) is 0 Å². The lowest BCUT2D eigenvalue weighted by atomic mass is 9.80. The summed E-state index contributed by atoms with van der Waals surface area (Å²) in [7, 11) is 0. The van der Waals surface area contributed by atoms with Crippen molar-refractivity contribution < 1.29 is 0 Å². The summed E-state index contributed by atoms with van der Waals surface area (Å²) in [5, 5.41) is 2.52. The summed E-state index contributed by atoms with van der Waals surface area (Å²) in [4.78, 5) is 9.43. The van der Waals surface area contributed by atoms with Gasteiger partial charge in [-0.05, 0) is 53.3 Å². The number of pyridine rings is 2. The Morgan fingerprint density at radius 1 is 0.758 bits per heavy atom. The number of rotatable bonds is 4. The van der Waals surface area contributed by atoms with Gasteiger partial charge in [0.15, 0.2) is 0 Å². The molecule has 0 aliphatic carbocycles. The first kappa shape index (κ1) is 21.4. The van der Waals surface area contributed by atoms with Crippen molar-refractivity contribution in [1.82, 2.24) is 14.5 Å². The average Bonchev–Trinajstić information content (AvgIpc) is 3.12. The number of benzene rings is 2. The maximum atomic E-state index is 5.09. The topological polar surface area (TPSA) is 30.7 Å². The van der Waals surface area contributed by atoms with Crippen LogP contribution >= 0.6 is 0 Å². The lowest BCUT2D eigenvalue weighted by Crippen LogP contribution is -2.20. The molecule has 0 fully saturated rings. The first-order chi connectivity index (χ1) is 15.7. The third kappa shape index (κ3) is 3.93. The van der Waals surface area contributed by atoms with Crippen LogP contribution in [0.5, 0.6) is 0 Å². The zero-order chi connectivity index (χ0) is 23.2. The predicted molar refractivity (Wildman–Crippen MR) is 138 cm³/mol. The van der Waals surface area contributed by atoms with Gasteiger partial charge < -0.3 is 0 Å². The van der Waals surface area contributed by atoms with E-state index in [0.717, 1.165) is 17.9 Å². The van der Waals surface area contributed by atoms with Crippen LogP contribution in [0.2, 0.25) is 0 Å². The molecule has 0 spiro atoms. The molecule has 0 unspecified atom stereocenters. The van der Waals surface area contributed by atoms with Crippen molar-refractivity contribution in [1.29, 1.82) is 0 Å². The van der Waals surface area contributed by atoms with E-state index in [4.69, 9.17) is 4.98 Å². The summed E-state index contributed by atoms with van der Waals surface area (Å²) in [5.74, 6) is 0.970. The maximum Gasteiger partial charge on any atom is 0.137 e. The second-order valence-electron chi connectivity index (χ2n) is 10.6. The Morgan fingerprint density at radius 3 is 2.30 bits per heavy atom. The summed E-state index contributed by atoms with van der Waals surface area (Å²) in [6.07, 6.45) is 4.76. The Morgan fingerprint density at radius 2 is 1.55 bits per heavy atom. The van der Waals surface area contributed by atoms with Crippen molar-refractivity contribution >= 4 is 21.8 Å². The van der Waals surface area contributed by atoms with Crippen LogP contribution < -0.4 is 0 Å². The van der Waals surface area contributed by atoms with Crippen molar-refractivity contribution in [3.63, 3.8) is 0 Å². The van der Waals surface area contributed by atoms with E-state index in [1.165, 1.54) is 32.9 Å². The van der Waals surface area contributed by atoms with Crippen molar-refractivity contribution in [3.8, 4) is 5.82 Å². The highest BCUT2D eigenvalue weighted by atomic mass is 15.1. The van der Waals surface area contributed by atoms with Gasteiger partial charge in [-0.1, -0.05) is 77.1 Å². The van der Waals surface area contributed by atoms with Gasteiger partial charge >= 0.3 is 0 Å². The molecule has 0 saturated heterocycles. The fourth-order valence-corrected chi connectivity index (χ4v) is 4.71. The SMILES string of the molecule is CC(C)(C)c1cccc(-n2c3ccccc3c3ccc(CC(C)(C)c4cccnc4)cc32)n1. The Bertz CT molecular complexity index is 1440. The molecular weight excluding hydrogens is 402 g/mol. The zero-order valence-electron chi connectivity index (χ0n) is 20.1. The van der Waals surface area contributed by atoms with Gasteiger partial charge in [-0.25, -0.2) is 4.98 Å². The molecule has 0 amide bonds. The molecule has 166 valence electrons. The largest absolute Gasteiger partial charge is 0.294 e. The van der Waals surface area contributed by atoms with E-state index >= 15 is 0 Å².